The molecular formula is C32H34FN9O2. The van der Waals surface area contributed by atoms with Crippen LogP contribution in [0, 0.1) is 11.3 Å². The van der Waals surface area contributed by atoms with Crippen LogP contribution in [0.5, 0.6) is 5.88 Å². The van der Waals surface area contributed by atoms with E-state index < -0.39 is 11.6 Å². The summed E-state index contributed by atoms with van der Waals surface area (Å²) in [5, 5.41) is 22.7. The van der Waals surface area contributed by atoms with Crippen LogP contribution in [0.4, 0.5) is 10.1 Å². The predicted molar refractivity (Wildman–Crippen MR) is 159 cm³/mol. The molecule has 2 aliphatic carbocycles. The number of likely N-dealkylation sites (tertiary alicyclic amines) is 1. The number of nitrogen functional groups attached to an aromatic ring is 1. The van der Waals surface area contributed by atoms with Crippen molar-refractivity contribution >= 4 is 5.69 Å². The van der Waals surface area contributed by atoms with Gasteiger partial charge >= 0.3 is 0 Å². The first-order valence-corrected chi connectivity index (χ1v) is 15.3. The number of ether oxygens (including phenoxy) is 1. The molecule has 0 radical (unpaired) electrons. The summed E-state index contributed by atoms with van der Waals surface area (Å²) >= 11 is 0. The molecule has 1 aromatic carbocycles. The zero-order valence-corrected chi connectivity index (χ0v) is 24.8. The predicted octanol–water partition coefficient (Wildman–Crippen LogP) is 3.75. The Kier molecular flexibility index (Phi) is 6.25. The maximum Gasteiger partial charge on any atom is 0.219 e. The molecule has 4 aliphatic rings. The highest BCUT2D eigenvalue weighted by molar-refractivity contribution is 5.68. The third-order valence-corrected chi connectivity index (χ3v) is 10.0. The molecular weight excluding hydrogens is 561 g/mol. The van der Waals surface area contributed by atoms with Gasteiger partial charge in [0.15, 0.2) is 23.1 Å². The van der Waals surface area contributed by atoms with E-state index in [-0.39, 0.29) is 12.1 Å². The van der Waals surface area contributed by atoms with E-state index in [0.717, 1.165) is 72.4 Å². The van der Waals surface area contributed by atoms with Crippen molar-refractivity contribution in [2.75, 3.05) is 19.3 Å². The molecule has 226 valence electrons. The Bertz CT molecular complexity index is 1810. The molecule has 0 amide bonds. The molecule has 3 N–H and O–H groups in total. The fourth-order valence-corrected chi connectivity index (χ4v) is 7.92. The molecule has 0 unspecified atom stereocenters. The fourth-order valence-electron chi connectivity index (χ4n) is 7.92. The molecule has 11 nitrogen and oxygen atoms in total. The third-order valence-electron chi connectivity index (χ3n) is 10.0. The standard InChI is InChI=1S/C32H34FN9O2/c1-17(25-10-20(33)16-41(25)2)43-27-11-26(42-15-19-13-36-14-24(19)39-42)37-31(38-27)29-21-4-3-8-32(30(21)44-40-29)9-7-18-5-6-23(35)22(12-34)28(18)32/h5-6,11,15,17,20,25,36H,3-4,7-10,13-14,16,35H2,1-2H3/t17-,20+,25-,32-/m0/s1. The monoisotopic (exact) mass is 595 g/mol. The average Bonchev–Trinajstić information content (AvgIpc) is 3.82. The molecule has 4 aromatic rings. The van der Waals surface area contributed by atoms with Gasteiger partial charge in [-0.25, -0.2) is 14.1 Å². The topological polar surface area (TPSA) is 144 Å². The third kappa shape index (κ3) is 4.13. The van der Waals surface area contributed by atoms with Crippen LogP contribution in [0.3, 0.4) is 0 Å². The number of aromatic nitrogens is 5. The number of halogens is 1. The zero-order valence-electron chi connectivity index (χ0n) is 24.8. The lowest BCUT2D eigenvalue weighted by Crippen LogP contribution is -2.38. The molecule has 0 saturated carbocycles. The Morgan fingerprint density at radius 2 is 2.11 bits per heavy atom. The second kappa shape index (κ2) is 10.1. The number of nitriles is 1. The normalized spacial score (nSPS) is 24.7. The first-order valence-electron chi connectivity index (χ1n) is 15.3. The Balaban J connectivity index is 1.23. The summed E-state index contributed by atoms with van der Waals surface area (Å²) in [7, 11) is 1.92. The first-order chi connectivity index (χ1) is 21.3. The van der Waals surface area contributed by atoms with Crippen LogP contribution in [0.25, 0.3) is 17.3 Å². The van der Waals surface area contributed by atoms with Gasteiger partial charge in [0.05, 0.1) is 16.7 Å². The van der Waals surface area contributed by atoms with E-state index in [9.17, 15) is 9.65 Å². The van der Waals surface area contributed by atoms with Gasteiger partial charge in [0.25, 0.3) is 0 Å². The Morgan fingerprint density at radius 3 is 2.91 bits per heavy atom. The van der Waals surface area contributed by atoms with Gasteiger partial charge in [-0.05, 0) is 69.7 Å². The van der Waals surface area contributed by atoms with Crippen LogP contribution in [0.15, 0.2) is 28.9 Å². The second-order valence-corrected chi connectivity index (χ2v) is 12.7. The molecule has 1 saturated heterocycles. The molecule has 1 spiro atoms. The quantitative estimate of drug-likeness (QED) is 0.327. The van der Waals surface area contributed by atoms with Crippen LogP contribution < -0.4 is 15.8 Å². The lowest BCUT2D eigenvalue weighted by Gasteiger charge is -2.33. The minimum absolute atomic E-state index is 0.0738. The number of fused-ring (bicyclic) bond motifs is 5. The second-order valence-electron chi connectivity index (χ2n) is 12.7. The highest BCUT2D eigenvalue weighted by atomic mass is 19.1. The number of hydrogen-bond acceptors (Lipinski definition) is 10. The molecule has 3 aromatic heterocycles. The van der Waals surface area contributed by atoms with Gasteiger partial charge in [0, 0.05) is 54.8 Å². The Labute approximate surface area is 254 Å². The number of alkyl halides is 1. The Morgan fingerprint density at radius 1 is 1.23 bits per heavy atom. The van der Waals surface area contributed by atoms with Gasteiger partial charge in [0.2, 0.25) is 5.88 Å². The fraction of sp³-hybridized carbons (Fsp3) is 0.469. The van der Waals surface area contributed by atoms with Gasteiger partial charge in [-0.15, -0.1) is 0 Å². The summed E-state index contributed by atoms with van der Waals surface area (Å²) in [6.07, 6.45) is 5.38. The molecule has 12 heteroatoms. The molecule has 5 heterocycles. The number of benzene rings is 1. The van der Waals surface area contributed by atoms with Gasteiger partial charge in [0.1, 0.15) is 18.3 Å². The van der Waals surface area contributed by atoms with E-state index in [1.165, 1.54) is 0 Å². The smallest absolute Gasteiger partial charge is 0.219 e. The summed E-state index contributed by atoms with van der Waals surface area (Å²) < 4.78 is 28.6. The van der Waals surface area contributed by atoms with Gasteiger partial charge in [-0.3, -0.25) is 4.90 Å². The van der Waals surface area contributed by atoms with E-state index >= 15 is 0 Å². The van der Waals surface area contributed by atoms with Crippen LogP contribution in [-0.2, 0) is 31.3 Å². The van der Waals surface area contributed by atoms with Gasteiger partial charge in [-0.1, -0.05) is 11.2 Å². The minimum atomic E-state index is -0.876. The van der Waals surface area contributed by atoms with Crippen molar-refractivity contribution in [2.45, 2.75) is 82.3 Å². The van der Waals surface area contributed by atoms with Crippen LogP contribution in [0.1, 0.15) is 71.9 Å². The highest BCUT2D eigenvalue weighted by Gasteiger charge is 2.49. The lowest BCUT2D eigenvalue weighted by molar-refractivity contribution is 0.117. The Hall–Kier alpha value is -4.34. The number of hydrogen-bond donors (Lipinski definition) is 2. The van der Waals surface area contributed by atoms with Crippen molar-refractivity contribution in [1.29, 1.82) is 5.26 Å². The number of nitrogens with two attached hydrogens (primary N) is 1. The summed E-state index contributed by atoms with van der Waals surface area (Å²) in [6, 6.07) is 7.93. The van der Waals surface area contributed by atoms with Gasteiger partial charge in [-0.2, -0.15) is 15.3 Å². The van der Waals surface area contributed by atoms with Crippen molar-refractivity contribution in [1.82, 2.24) is 35.1 Å². The molecule has 1 fully saturated rings. The number of nitrogens with zero attached hydrogens (tertiary/aromatic N) is 7. The molecule has 0 bridgehead atoms. The number of likely N-dealkylation sites (N-methyl/N-ethyl adjacent to an activating group) is 1. The summed E-state index contributed by atoms with van der Waals surface area (Å²) in [5.41, 5.74) is 12.6. The van der Waals surface area contributed by atoms with E-state index in [1.54, 1.807) is 10.7 Å². The number of nitrogens with one attached hydrogen (secondary N) is 1. The van der Waals surface area contributed by atoms with E-state index in [4.69, 9.17) is 30.1 Å². The van der Waals surface area contributed by atoms with Crippen molar-refractivity contribution in [3.63, 3.8) is 0 Å². The highest BCUT2D eigenvalue weighted by Crippen LogP contribution is 2.54. The molecule has 8 rings (SSSR count). The first kappa shape index (κ1) is 27.2. The molecule has 44 heavy (non-hydrogen) atoms. The van der Waals surface area contributed by atoms with E-state index in [2.05, 4.69) is 16.5 Å². The van der Waals surface area contributed by atoms with Crippen molar-refractivity contribution in [3.8, 4) is 29.3 Å². The zero-order chi connectivity index (χ0) is 30.2. The maximum atomic E-state index is 14.2. The maximum absolute atomic E-state index is 14.2. The molecule has 2 aliphatic heterocycles. The van der Waals surface area contributed by atoms with E-state index in [1.807, 2.05) is 37.2 Å². The average molecular weight is 596 g/mol. The van der Waals surface area contributed by atoms with Crippen LogP contribution >= 0.6 is 0 Å². The van der Waals surface area contributed by atoms with Crippen molar-refractivity contribution in [2.24, 2.45) is 0 Å². The minimum Gasteiger partial charge on any atom is -0.473 e. The number of aryl methyl sites for hydroxylation is 1. The molecule has 4 atom stereocenters. The van der Waals surface area contributed by atoms with Gasteiger partial charge < -0.3 is 20.3 Å². The lowest BCUT2D eigenvalue weighted by atomic mass is 9.68. The van der Waals surface area contributed by atoms with Crippen molar-refractivity contribution < 1.29 is 13.7 Å². The number of anilines is 1. The van der Waals surface area contributed by atoms with Crippen LogP contribution in [0.2, 0.25) is 0 Å². The largest absolute Gasteiger partial charge is 0.473 e. The number of rotatable bonds is 5. The summed E-state index contributed by atoms with van der Waals surface area (Å²) in [4.78, 5) is 11.8. The van der Waals surface area contributed by atoms with Crippen LogP contribution in [-0.4, -0.2) is 61.7 Å². The summed E-state index contributed by atoms with van der Waals surface area (Å²) in [6.45, 7) is 3.80. The van der Waals surface area contributed by atoms with Crippen molar-refractivity contribution in [3.05, 3.63) is 63.7 Å². The van der Waals surface area contributed by atoms with E-state index in [0.29, 0.717) is 54.0 Å². The summed E-state index contributed by atoms with van der Waals surface area (Å²) in [5.74, 6) is 2.09. The SMILES string of the molecule is C[C@H](Oc1cc(-n2cc3c(n2)CNC3)nc(-c2noc3c2CCC[C@@]32CCc3ccc(N)c(C#N)c32)n1)[C@@H]1C[C@@H](F)CN1C.